The fraction of sp³-hybridized carbons (Fsp3) is 0.143. The first-order valence-corrected chi connectivity index (χ1v) is 6.92. The predicted molar refractivity (Wildman–Crippen MR) is 80.4 cm³/mol. The summed E-state index contributed by atoms with van der Waals surface area (Å²) in [7, 11) is 0. The minimum atomic E-state index is 0.863. The average Bonchev–Trinajstić information content (AvgIpc) is 2.79. The molecule has 3 rings (SSSR count). The van der Waals surface area contributed by atoms with Gasteiger partial charge in [0.25, 0.3) is 0 Å². The van der Waals surface area contributed by atoms with Crippen LogP contribution in [0.4, 0.5) is 0 Å². The minimum absolute atomic E-state index is 0.863. The molecule has 0 aliphatic carbocycles. The Morgan fingerprint density at radius 3 is 2.94 bits per heavy atom. The van der Waals surface area contributed by atoms with Gasteiger partial charge in [0.2, 0.25) is 0 Å². The van der Waals surface area contributed by atoms with Crippen LogP contribution in [0.3, 0.4) is 0 Å². The van der Waals surface area contributed by atoms with Crippen molar-refractivity contribution in [3.8, 4) is 0 Å². The number of halogens is 1. The number of fused-ring (bicyclic) bond motifs is 1. The van der Waals surface area contributed by atoms with Gasteiger partial charge in [-0.15, -0.1) is 0 Å². The van der Waals surface area contributed by atoms with E-state index < -0.39 is 0 Å². The first-order chi connectivity index (χ1) is 8.81. The van der Waals surface area contributed by atoms with Crippen molar-refractivity contribution in [2.75, 3.05) is 0 Å². The van der Waals surface area contributed by atoms with Crippen LogP contribution in [0.15, 0.2) is 48.8 Å². The first kappa shape index (κ1) is 11.6. The normalized spacial score (nSPS) is 10.9. The van der Waals surface area contributed by atoms with Crippen molar-refractivity contribution >= 4 is 33.5 Å². The fourth-order valence-electron chi connectivity index (χ4n) is 1.93. The molecule has 0 saturated heterocycles. The zero-order valence-electron chi connectivity index (χ0n) is 9.75. The number of aromatic nitrogens is 3. The fourth-order valence-corrected chi connectivity index (χ4v) is 2.40. The molecule has 3 aromatic rings. The van der Waals surface area contributed by atoms with Gasteiger partial charge in [-0.3, -0.25) is 9.67 Å². The van der Waals surface area contributed by atoms with Crippen LogP contribution in [0.25, 0.3) is 10.9 Å². The van der Waals surface area contributed by atoms with Crippen molar-refractivity contribution in [1.29, 1.82) is 0 Å². The summed E-state index contributed by atoms with van der Waals surface area (Å²) in [5, 5.41) is 5.76. The Bertz CT molecular complexity index is 661. The van der Waals surface area contributed by atoms with E-state index in [9.17, 15) is 0 Å². The van der Waals surface area contributed by atoms with E-state index in [0.717, 1.165) is 24.2 Å². The van der Waals surface area contributed by atoms with E-state index in [1.165, 1.54) is 8.96 Å². The summed E-state index contributed by atoms with van der Waals surface area (Å²) >= 11 is 2.31. The van der Waals surface area contributed by atoms with Crippen molar-refractivity contribution in [2.45, 2.75) is 13.0 Å². The standard InChI is InChI=1S/C14H12IN3/c15-12-5-4-11-10-18(17-14(11)9-12)8-6-13-3-1-2-7-16-13/h1-5,7,9-10H,6,8H2. The number of aryl methyl sites for hydroxylation is 2. The van der Waals surface area contributed by atoms with E-state index >= 15 is 0 Å². The van der Waals surface area contributed by atoms with Gasteiger partial charge < -0.3 is 0 Å². The van der Waals surface area contributed by atoms with Gasteiger partial charge in [-0.05, 0) is 46.9 Å². The molecule has 2 heterocycles. The number of benzene rings is 1. The summed E-state index contributed by atoms with van der Waals surface area (Å²) in [5.41, 5.74) is 2.16. The average molecular weight is 349 g/mol. The maximum absolute atomic E-state index is 4.57. The Morgan fingerprint density at radius 2 is 2.11 bits per heavy atom. The van der Waals surface area contributed by atoms with E-state index in [0.29, 0.717) is 0 Å². The Morgan fingerprint density at radius 1 is 1.17 bits per heavy atom. The van der Waals surface area contributed by atoms with Crippen LogP contribution in [0.5, 0.6) is 0 Å². The molecule has 1 aromatic carbocycles. The molecule has 0 atom stereocenters. The quantitative estimate of drug-likeness (QED) is 0.680. The van der Waals surface area contributed by atoms with Crippen LogP contribution >= 0.6 is 22.6 Å². The van der Waals surface area contributed by atoms with E-state index in [-0.39, 0.29) is 0 Å². The Labute approximate surface area is 119 Å². The lowest BCUT2D eigenvalue weighted by molar-refractivity contribution is 0.614. The highest BCUT2D eigenvalue weighted by molar-refractivity contribution is 14.1. The molecule has 0 radical (unpaired) electrons. The lowest BCUT2D eigenvalue weighted by atomic mass is 10.2. The molecule has 0 amide bonds. The van der Waals surface area contributed by atoms with Crippen LogP contribution in [0, 0.1) is 3.57 Å². The molecule has 2 aromatic heterocycles. The van der Waals surface area contributed by atoms with Gasteiger partial charge in [-0.2, -0.15) is 5.10 Å². The number of hydrogen-bond acceptors (Lipinski definition) is 2. The Hall–Kier alpha value is -1.43. The van der Waals surface area contributed by atoms with Gasteiger partial charge in [0.05, 0.1) is 5.52 Å². The van der Waals surface area contributed by atoms with Gasteiger partial charge in [0, 0.05) is 40.0 Å². The second-order valence-corrected chi connectivity index (χ2v) is 5.41. The third kappa shape index (κ3) is 2.53. The van der Waals surface area contributed by atoms with Crippen LogP contribution in [0.1, 0.15) is 5.69 Å². The number of hydrogen-bond donors (Lipinski definition) is 0. The maximum Gasteiger partial charge on any atom is 0.0933 e. The van der Waals surface area contributed by atoms with Crippen molar-refractivity contribution < 1.29 is 0 Å². The van der Waals surface area contributed by atoms with Crippen molar-refractivity contribution in [1.82, 2.24) is 14.8 Å². The molecular weight excluding hydrogens is 337 g/mol. The molecule has 0 bridgehead atoms. The van der Waals surface area contributed by atoms with Gasteiger partial charge in [-0.1, -0.05) is 12.1 Å². The topological polar surface area (TPSA) is 30.7 Å². The molecule has 3 nitrogen and oxygen atoms in total. The zero-order chi connectivity index (χ0) is 12.4. The van der Waals surface area contributed by atoms with E-state index in [2.05, 4.69) is 57.1 Å². The summed E-state index contributed by atoms with van der Waals surface area (Å²) in [6, 6.07) is 12.3. The van der Waals surface area contributed by atoms with Crippen LogP contribution in [0.2, 0.25) is 0 Å². The van der Waals surface area contributed by atoms with Crippen molar-refractivity contribution in [3.63, 3.8) is 0 Å². The third-order valence-corrected chi connectivity index (χ3v) is 3.51. The lowest BCUT2D eigenvalue weighted by Gasteiger charge is -2.00. The molecule has 90 valence electrons. The molecule has 0 fully saturated rings. The van der Waals surface area contributed by atoms with Crippen LogP contribution < -0.4 is 0 Å². The predicted octanol–water partition coefficient (Wildman–Crippen LogP) is 3.28. The van der Waals surface area contributed by atoms with Crippen molar-refractivity contribution in [2.24, 2.45) is 0 Å². The number of nitrogens with zero attached hydrogens (tertiary/aromatic N) is 3. The molecular formula is C14H12IN3. The lowest BCUT2D eigenvalue weighted by Crippen LogP contribution is -2.02. The number of pyridine rings is 1. The van der Waals surface area contributed by atoms with Crippen LogP contribution in [-0.4, -0.2) is 14.8 Å². The summed E-state index contributed by atoms with van der Waals surface area (Å²) < 4.78 is 3.21. The van der Waals surface area contributed by atoms with E-state index in [1.54, 1.807) is 0 Å². The second-order valence-electron chi connectivity index (χ2n) is 4.17. The molecule has 0 aliphatic heterocycles. The van der Waals surface area contributed by atoms with Gasteiger partial charge in [-0.25, -0.2) is 0 Å². The Kier molecular flexibility index (Phi) is 3.27. The molecule has 0 unspecified atom stereocenters. The zero-order valence-corrected chi connectivity index (χ0v) is 11.9. The molecule has 18 heavy (non-hydrogen) atoms. The van der Waals surface area contributed by atoms with Gasteiger partial charge in [0.1, 0.15) is 0 Å². The van der Waals surface area contributed by atoms with Gasteiger partial charge >= 0.3 is 0 Å². The highest BCUT2D eigenvalue weighted by Gasteiger charge is 2.01. The molecule has 0 N–H and O–H groups in total. The summed E-state index contributed by atoms with van der Waals surface area (Å²) in [5.74, 6) is 0. The third-order valence-electron chi connectivity index (χ3n) is 2.84. The number of rotatable bonds is 3. The molecule has 4 heteroatoms. The SMILES string of the molecule is Ic1ccc2cn(CCc3ccccn3)nc2c1. The van der Waals surface area contributed by atoms with Crippen molar-refractivity contribution in [3.05, 3.63) is 58.1 Å². The van der Waals surface area contributed by atoms with Gasteiger partial charge in [0.15, 0.2) is 0 Å². The van der Waals surface area contributed by atoms with E-state index in [4.69, 9.17) is 0 Å². The molecule has 0 aliphatic rings. The highest BCUT2D eigenvalue weighted by Crippen LogP contribution is 2.15. The second kappa shape index (κ2) is 5.06. The molecule has 0 saturated carbocycles. The summed E-state index contributed by atoms with van der Waals surface area (Å²) in [6.07, 6.45) is 4.83. The highest BCUT2D eigenvalue weighted by atomic mass is 127. The summed E-state index contributed by atoms with van der Waals surface area (Å²) in [6.45, 7) is 0.863. The van der Waals surface area contributed by atoms with E-state index in [1.807, 2.05) is 29.1 Å². The smallest absolute Gasteiger partial charge is 0.0933 e. The summed E-state index contributed by atoms with van der Waals surface area (Å²) in [4.78, 5) is 4.32. The maximum atomic E-state index is 4.57. The largest absolute Gasteiger partial charge is 0.271 e. The monoisotopic (exact) mass is 349 g/mol. The van der Waals surface area contributed by atoms with Crippen LogP contribution in [-0.2, 0) is 13.0 Å². The molecule has 0 spiro atoms. The Balaban J connectivity index is 1.79. The minimum Gasteiger partial charge on any atom is -0.271 e. The first-order valence-electron chi connectivity index (χ1n) is 5.84.